The summed E-state index contributed by atoms with van der Waals surface area (Å²) in [5, 5.41) is 0. The highest BCUT2D eigenvalue weighted by Crippen LogP contribution is 2.37. The average molecular weight is 271 g/mol. The first-order valence-corrected chi connectivity index (χ1v) is 7.66. The minimum atomic E-state index is -3.46. The number of nitrogens with zero attached hydrogens (tertiary/aromatic N) is 1. The molecule has 0 aliphatic heterocycles. The van der Waals surface area contributed by atoms with Gasteiger partial charge < -0.3 is 10.3 Å². The summed E-state index contributed by atoms with van der Waals surface area (Å²) in [7, 11) is -3.46. The number of nitrogens with one attached hydrogen (secondary N) is 1. The summed E-state index contributed by atoms with van der Waals surface area (Å²) >= 11 is 0. The van der Waals surface area contributed by atoms with Crippen molar-refractivity contribution in [1.82, 2.24) is 9.29 Å². The third-order valence-corrected chi connectivity index (χ3v) is 4.53. The van der Waals surface area contributed by atoms with Crippen LogP contribution in [0.5, 0.6) is 0 Å². The van der Waals surface area contributed by atoms with Crippen LogP contribution in [-0.2, 0) is 16.6 Å². The van der Waals surface area contributed by atoms with Crippen LogP contribution in [0.15, 0.2) is 17.2 Å². The van der Waals surface area contributed by atoms with Crippen molar-refractivity contribution in [2.45, 2.75) is 56.6 Å². The lowest BCUT2D eigenvalue weighted by Crippen LogP contribution is -2.40. The maximum Gasteiger partial charge on any atom is 0.242 e. The van der Waals surface area contributed by atoms with Crippen molar-refractivity contribution in [3.8, 4) is 0 Å². The Labute approximate surface area is 108 Å². The fraction of sp³-hybridized carbons (Fsp3) is 0.667. The van der Waals surface area contributed by atoms with Crippen LogP contribution in [0.3, 0.4) is 0 Å². The zero-order chi connectivity index (χ0) is 13.6. The van der Waals surface area contributed by atoms with Crippen LogP contribution in [0.4, 0.5) is 0 Å². The van der Waals surface area contributed by atoms with Gasteiger partial charge in [0.2, 0.25) is 10.0 Å². The lowest BCUT2D eigenvalue weighted by atomic mass is 10.1. The molecule has 1 fully saturated rings. The van der Waals surface area contributed by atoms with E-state index >= 15 is 0 Å². The van der Waals surface area contributed by atoms with Crippen LogP contribution in [-0.4, -0.2) is 18.5 Å². The lowest BCUT2D eigenvalue weighted by molar-refractivity contribution is 0.491. The highest BCUT2D eigenvalue weighted by atomic mass is 32.2. The smallest absolute Gasteiger partial charge is 0.242 e. The van der Waals surface area contributed by atoms with E-state index in [0.717, 1.165) is 18.5 Å². The zero-order valence-electron chi connectivity index (χ0n) is 11.1. The molecule has 0 unspecified atom stereocenters. The number of rotatable bonds is 4. The molecule has 1 heterocycles. The quantitative estimate of drug-likeness (QED) is 0.868. The molecule has 6 heteroatoms. The number of hydrogen-bond acceptors (Lipinski definition) is 3. The standard InChI is InChI=1S/C12H21N3O2S/c1-12(2,3)14-18(16,17)11-6-10(7-13)15(8-11)9-4-5-9/h6,8-9,14H,4-5,7,13H2,1-3H3. The van der Waals surface area contributed by atoms with E-state index in [2.05, 4.69) is 4.72 Å². The Morgan fingerprint density at radius 1 is 1.44 bits per heavy atom. The molecule has 18 heavy (non-hydrogen) atoms. The molecule has 0 saturated heterocycles. The van der Waals surface area contributed by atoms with Crippen molar-refractivity contribution in [2.24, 2.45) is 5.73 Å². The summed E-state index contributed by atoms with van der Waals surface area (Å²) in [4.78, 5) is 0.310. The lowest BCUT2D eigenvalue weighted by Gasteiger charge is -2.19. The molecule has 5 nitrogen and oxygen atoms in total. The minimum Gasteiger partial charge on any atom is -0.346 e. The second-order valence-corrected chi connectivity index (χ2v) is 7.55. The number of nitrogens with two attached hydrogens (primary N) is 1. The first-order chi connectivity index (χ1) is 8.23. The van der Waals surface area contributed by atoms with Gasteiger partial charge in [-0.05, 0) is 39.7 Å². The fourth-order valence-electron chi connectivity index (χ4n) is 1.96. The van der Waals surface area contributed by atoms with Crippen LogP contribution in [0.2, 0.25) is 0 Å². The highest BCUT2D eigenvalue weighted by Gasteiger charge is 2.29. The SMILES string of the molecule is CC(C)(C)NS(=O)(=O)c1cc(CN)n(C2CC2)c1. The summed E-state index contributed by atoms with van der Waals surface area (Å²) in [5.74, 6) is 0. The molecule has 0 radical (unpaired) electrons. The monoisotopic (exact) mass is 271 g/mol. The molecule has 1 aliphatic rings. The zero-order valence-corrected chi connectivity index (χ0v) is 11.9. The molecule has 1 aromatic rings. The second-order valence-electron chi connectivity index (χ2n) is 5.87. The Bertz CT molecular complexity index is 536. The molecule has 1 aliphatic carbocycles. The van der Waals surface area contributed by atoms with Crippen molar-refractivity contribution in [2.75, 3.05) is 0 Å². The normalized spacial score (nSPS) is 17.1. The van der Waals surface area contributed by atoms with Gasteiger partial charge in [-0.15, -0.1) is 0 Å². The number of hydrogen-bond donors (Lipinski definition) is 2. The summed E-state index contributed by atoms with van der Waals surface area (Å²) in [6.07, 6.45) is 3.91. The van der Waals surface area contributed by atoms with Crippen LogP contribution < -0.4 is 10.5 Å². The third-order valence-electron chi connectivity index (χ3n) is 2.81. The van der Waals surface area contributed by atoms with Gasteiger partial charge in [0, 0.05) is 30.0 Å². The molecular weight excluding hydrogens is 250 g/mol. The van der Waals surface area contributed by atoms with Crippen molar-refractivity contribution < 1.29 is 8.42 Å². The molecule has 0 bridgehead atoms. The van der Waals surface area contributed by atoms with E-state index in [1.807, 2.05) is 25.3 Å². The highest BCUT2D eigenvalue weighted by molar-refractivity contribution is 7.89. The molecule has 0 atom stereocenters. The van der Waals surface area contributed by atoms with E-state index in [9.17, 15) is 8.42 Å². The van der Waals surface area contributed by atoms with E-state index in [1.165, 1.54) is 0 Å². The van der Waals surface area contributed by atoms with Crippen molar-refractivity contribution >= 4 is 10.0 Å². The number of aromatic nitrogens is 1. The van der Waals surface area contributed by atoms with E-state index in [4.69, 9.17) is 5.73 Å². The van der Waals surface area contributed by atoms with Gasteiger partial charge in [-0.2, -0.15) is 0 Å². The van der Waals surface area contributed by atoms with Gasteiger partial charge in [0.05, 0.1) is 4.90 Å². The van der Waals surface area contributed by atoms with Crippen LogP contribution >= 0.6 is 0 Å². The van der Waals surface area contributed by atoms with Gasteiger partial charge in [0.1, 0.15) is 0 Å². The van der Waals surface area contributed by atoms with Crippen molar-refractivity contribution in [3.05, 3.63) is 18.0 Å². The fourth-order valence-corrected chi connectivity index (χ4v) is 3.43. The maximum atomic E-state index is 12.2. The summed E-state index contributed by atoms with van der Waals surface area (Å²) in [6.45, 7) is 5.84. The maximum absolute atomic E-state index is 12.2. The molecule has 102 valence electrons. The average Bonchev–Trinajstić information content (AvgIpc) is 2.93. The topological polar surface area (TPSA) is 77.1 Å². The summed E-state index contributed by atoms with van der Waals surface area (Å²) in [6, 6.07) is 2.11. The summed E-state index contributed by atoms with van der Waals surface area (Å²) in [5.41, 5.74) is 6.06. The Kier molecular flexibility index (Phi) is 3.29. The van der Waals surface area contributed by atoms with Crippen LogP contribution in [0.25, 0.3) is 0 Å². The molecule has 0 amide bonds. The Morgan fingerprint density at radius 3 is 2.50 bits per heavy atom. The molecule has 0 aromatic carbocycles. The van der Waals surface area contributed by atoms with Gasteiger partial charge in [-0.1, -0.05) is 0 Å². The van der Waals surface area contributed by atoms with Crippen molar-refractivity contribution in [3.63, 3.8) is 0 Å². The first kappa shape index (κ1) is 13.6. The second kappa shape index (κ2) is 4.36. The largest absolute Gasteiger partial charge is 0.346 e. The van der Waals surface area contributed by atoms with E-state index in [1.54, 1.807) is 12.3 Å². The van der Waals surface area contributed by atoms with E-state index in [0.29, 0.717) is 17.5 Å². The third kappa shape index (κ3) is 2.93. The molecule has 2 rings (SSSR count). The minimum absolute atomic E-state index is 0.310. The van der Waals surface area contributed by atoms with Gasteiger partial charge in [0.25, 0.3) is 0 Å². The van der Waals surface area contributed by atoms with Crippen LogP contribution in [0, 0.1) is 0 Å². The predicted molar refractivity (Wildman–Crippen MR) is 70.7 cm³/mol. The van der Waals surface area contributed by atoms with E-state index < -0.39 is 15.6 Å². The van der Waals surface area contributed by atoms with Gasteiger partial charge in [-0.3, -0.25) is 0 Å². The molecule has 3 N–H and O–H groups in total. The molecule has 0 spiro atoms. The van der Waals surface area contributed by atoms with E-state index in [-0.39, 0.29) is 0 Å². The summed E-state index contributed by atoms with van der Waals surface area (Å²) < 4.78 is 29.1. The molecule has 1 saturated carbocycles. The molecule has 1 aromatic heterocycles. The Hall–Kier alpha value is -0.850. The molecular formula is C12H21N3O2S. The van der Waals surface area contributed by atoms with Crippen LogP contribution in [0.1, 0.15) is 45.3 Å². The van der Waals surface area contributed by atoms with Gasteiger partial charge >= 0.3 is 0 Å². The Balaban J connectivity index is 2.33. The Morgan fingerprint density at radius 2 is 2.06 bits per heavy atom. The van der Waals surface area contributed by atoms with Gasteiger partial charge in [-0.25, -0.2) is 13.1 Å². The first-order valence-electron chi connectivity index (χ1n) is 6.18. The van der Waals surface area contributed by atoms with Crippen molar-refractivity contribution in [1.29, 1.82) is 0 Å². The predicted octanol–water partition coefficient (Wildman–Crippen LogP) is 1.36. The van der Waals surface area contributed by atoms with Gasteiger partial charge in [0.15, 0.2) is 0 Å². The number of sulfonamides is 1.